The predicted octanol–water partition coefficient (Wildman–Crippen LogP) is 2.71. The van der Waals surface area contributed by atoms with Gasteiger partial charge in [-0.05, 0) is 61.3 Å². The zero-order valence-electron chi connectivity index (χ0n) is 13.5. The van der Waals surface area contributed by atoms with Gasteiger partial charge in [0.1, 0.15) is 0 Å². The van der Waals surface area contributed by atoms with Gasteiger partial charge in [-0.3, -0.25) is 4.79 Å². The molecule has 3 nitrogen and oxygen atoms in total. The van der Waals surface area contributed by atoms with Gasteiger partial charge in [-0.15, -0.1) is 0 Å². The Morgan fingerprint density at radius 3 is 2.62 bits per heavy atom. The van der Waals surface area contributed by atoms with E-state index in [1.165, 1.54) is 5.57 Å². The lowest BCUT2D eigenvalue weighted by atomic mass is 9.49. The first kappa shape index (κ1) is 15.2. The third-order valence-electron chi connectivity index (χ3n) is 7.17. The summed E-state index contributed by atoms with van der Waals surface area (Å²) in [6, 6.07) is 0. The fraction of sp³-hybridized carbons (Fsp3) is 0.833. The molecule has 21 heavy (non-hydrogen) atoms. The molecule has 2 saturated carbocycles. The van der Waals surface area contributed by atoms with E-state index in [1.807, 2.05) is 6.92 Å². The minimum absolute atomic E-state index is 0.0559. The van der Waals surface area contributed by atoms with Crippen LogP contribution in [0.2, 0.25) is 0 Å². The number of ketones is 1. The van der Waals surface area contributed by atoms with Gasteiger partial charge < -0.3 is 10.2 Å². The lowest BCUT2D eigenvalue weighted by molar-refractivity contribution is -0.123. The van der Waals surface area contributed by atoms with Crippen molar-refractivity contribution in [3.8, 4) is 0 Å². The molecular weight excluding hydrogens is 264 g/mol. The molecule has 0 heterocycles. The number of aliphatic hydroxyl groups is 2. The zero-order valence-corrected chi connectivity index (χ0v) is 13.5. The fourth-order valence-electron chi connectivity index (χ4n) is 5.95. The number of hydrogen-bond donors (Lipinski definition) is 2. The van der Waals surface area contributed by atoms with Crippen molar-refractivity contribution in [2.75, 3.05) is 13.2 Å². The quantitative estimate of drug-likeness (QED) is 0.837. The van der Waals surface area contributed by atoms with Crippen LogP contribution in [0.25, 0.3) is 0 Å². The van der Waals surface area contributed by atoms with Gasteiger partial charge in [0.25, 0.3) is 0 Å². The summed E-state index contributed by atoms with van der Waals surface area (Å²) in [5, 5.41) is 19.1. The van der Waals surface area contributed by atoms with Crippen LogP contribution in [-0.2, 0) is 4.79 Å². The second-order valence-corrected chi connectivity index (χ2v) is 7.95. The number of rotatable bonds is 4. The Kier molecular flexibility index (Phi) is 3.57. The Bertz CT molecular complexity index is 491. The molecule has 2 fully saturated rings. The van der Waals surface area contributed by atoms with Crippen molar-refractivity contribution in [2.24, 2.45) is 28.6 Å². The topological polar surface area (TPSA) is 57.5 Å². The van der Waals surface area contributed by atoms with Crippen LogP contribution >= 0.6 is 0 Å². The maximum Gasteiger partial charge on any atom is 0.159 e. The standard InChI is InChI=1S/C18H28O3/c1-11-15-8-13-7-12(10-20)14(5-4-6-19)18(15,9-16(11)21)17(13,2)3/h12-14,19-20H,4-10H2,1-3H3/t12-,13-,14-,18+/m1/s1. The summed E-state index contributed by atoms with van der Waals surface area (Å²) in [5.74, 6) is 1.51. The molecule has 0 aromatic carbocycles. The van der Waals surface area contributed by atoms with Crippen molar-refractivity contribution in [1.29, 1.82) is 0 Å². The van der Waals surface area contributed by atoms with Gasteiger partial charge in [-0.25, -0.2) is 0 Å². The molecule has 118 valence electrons. The first-order valence-electron chi connectivity index (χ1n) is 8.35. The first-order valence-corrected chi connectivity index (χ1v) is 8.35. The number of carbonyl (C=O) groups is 1. The summed E-state index contributed by atoms with van der Waals surface area (Å²) in [7, 11) is 0. The summed E-state index contributed by atoms with van der Waals surface area (Å²) >= 11 is 0. The van der Waals surface area contributed by atoms with E-state index in [0.717, 1.165) is 31.3 Å². The SMILES string of the molecule is CC1=C2C[C@H]3C[C@H](CO)[C@@H](CCCO)[C@]2(CC1=O)C3(C)C. The van der Waals surface area contributed by atoms with Crippen molar-refractivity contribution in [3.63, 3.8) is 0 Å². The van der Waals surface area contributed by atoms with Crippen molar-refractivity contribution < 1.29 is 15.0 Å². The molecule has 4 atom stereocenters. The normalized spacial score (nSPS) is 40.8. The van der Waals surface area contributed by atoms with E-state index in [4.69, 9.17) is 0 Å². The molecule has 1 spiro atoms. The Morgan fingerprint density at radius 2 is 2.00 bits per heavy atom. The number of fused-ring (bicyclic) bond motifs is 1. The highest BCUT2D eigenvalue weighted by Gasteiger charge is 2.67. The molecule has 2 N–H and O–H groups in total. The van der Waals surface area contributed by atoms with E-state index in [0.29, 0.717) is 24.0 Å². The summed E-state index contributed by atoms with van der Waals surface area (Å²) < 4.78 is 0. The van der Waals surface area contributed by atoms with E-state index < -0.39 is 0 Å². The van der Waals surface area contributed by atoms with Gasteiger partial charge in [-0.2, -0.15) is 0 Å². The first-order chi connectivity index (χ1) is 9.90. The van der Waals surface area contributed by atoms with Crippen molar-refractivity contribution in [1.82, 2.24) is 0 Å². The van der Waals surface area contributed by atoms with Gasteiger partial charge in [0.15, 0.2) is 5.78 Å². The molecule has 3 aliphatic rings. The van der Waals surface area contributed by atoms with Gasteiger partial charge in [0.05, 0.1) is 0 Å². The lowest BCUT2D eigenvalue weighted by Gasteiger charge is -2.55. The highest BCUT2D eigenvalue weighted by Crippen LogP contribution is 2.73. The minimum Gasteiger partial charge on any atom is -0.396 e. The third kappa shape index (κ3) is 1.77. The molecule has 0 unspecified atom stereocenters. The van der Waals surface area contributed by atoms with Crippen LogP contribution < -0.4 is 0 Å². The Labute approximate surface area is 127 Å². The second-order valence-electron chi connectivity index (χ2n) is 7.95. The number of allylic oxidation sites excluding steroid dienone is 2. The van der Waals surface area contributed by atoms with E-state index in [2.05, 4.69) is 13.8 Å². The Morgan fingerprint density at radius 1 is 1.29 bits per heavy atom. The highest BCUT2D eigenvalue weighted by atomic mass is 16.3. The van der Waals surface area contributed by atoms with Gasteiger partial charge in [0, 0.05) is 25.0 Å². The zero-order chi connectivity index (χ0) is 15.4. The summed E-state index contributed by atoms with van der Waals surface area (Å²) in [5.41, 5.74) is 2.46. The van der Waals surface area contributed by atoms with Crippen LogP contribution in [0.4, 0.5) is 0 Å². The largest absolute Gasteiger partial charge is 0.396 e. The fourth-order valence-corrected chi connectivity index (χ4v) is 5.95. The van der Waals surface area contributed by atoms with Crippen LogP contribution in [0.15, 0.2) is 11.1 Å². The van der Waals surface area contributed by atoms with E-state index in [9.17, 15) is 15.0 Å². The average Bonchev–Trinajstić information content (AvgIpc) is 2.74. The van der Waals surface area contributed by atoms with Crippen LogP contribution in [0, 0.1) is 28.6 Å². The van der Waals surface area contributed by atoms with E-state index in [-0.39, 0.29) is 30.0 Å². The van der Waals surface area contributed by atoms with Crippen LogP contribution in [-0.4, -0.2) is 29.2 Å². The van der Waals surface area contributed by atoms with Crippen molar-refractivity contribution in [3.05, 3.63) is 11.1 Å². The molecule has 0 aromatic rings. The smallest absolute Gasteiger partial charge is 0.159 e. The second kappa shape index (κ2) is 4.92. The molecule has 0 aliphatic heterocycles. The van der Waals surface area contributed by atoms with Crippen LogP contribution in [0.1, 0.15) is 52.9 Å². The Hall–Kier alpha value is -0.670. The van der Waals surface area contributed by atoms with E-state index in [1.54, 1.807) is 0 Å². The molecular formula is C18H28O3. The number of carbonyl (C=O) groups excluding carboxylic acids is 1. The molecule has 3 heteroatoms. The molecule has 0 saturated heterocycles. The monoisotopic (exact) mass is 292 g/mol. The highest BCUT2D eigenvalue weighted by molar-refractivity contribution is 6.00. The maximum atomic E-state index is 12.4. The van der Waals surface area contributed by atoms with Gasteiger partial charge >= 0.3 is 0 Å². The lowest BCUT2D eigenvalue weighted by Crippen LogP contribution is -2.51. The molecule has 0 amide bonds. The Balaban J connectivity index is 2.11. The summed E-state index contributed by atoms with van der Waals surface area (Å²) in [4.78, 5) is 12.4. The average molecular weight is 292 g/mol. The maximum absolute atomic E-state index is 12.4. The molecule has 0 radical (unpaired) electrons. The van der Waals surface area contributed by atoms with Gasteiger partial charge in [-0.1, -0.05) is 19.4 Å². The van der Waals surface area contributed by atoms with Crippen LogP contribution in [0.5, 0.6) is 0 Å². The predicted molar refractivity (Wildman–Crippen MR) is 81.6 cm³/mol. The van der Waals surface area contributed by atoms with Crippen molar-refractivity contribution in [2.45, 2.75) is 52.9 Å². The molecule has 0 aromatic heterocycles. The number of hydrogen-bond acceptors (Lipinski definition) is 3. The van der Waals surface area contributed by atoms with Crippen LogP contribution in [0.3, 0.4) is 0 Å². The van der Waals surface area contributed by atoms with Crippen molar-refractivity contribution >= 4 is 5.78 Å². The van der Waals surface area contributed by atoms with E-state index >= 15 is 0 Å². The molecule has 3 rings (SSSR count). The summed E-state index contributed by atoms with van der Waals surface area (Å²) in [6.07, 6.45) is 4.42. The molecule has 3 aliphatic carbocycles. The summed E-state index contributed by atoms with van der Waals surface area (Å²) in [6.45, 7) is 7.07. The molecule has 2 bridgehead atoms. The number of Topliss-reactive ketones (excluding diaryl/α,β-unsaturated/α-hetero) is 1. The van der Waals surface area contributed by atoms with Gasteiger partial charge in [0.2, 0.25) is 0 Å². The third-order valence-corrected chi connectivity index (χ3v) is 7.17. The minimum atomic E-state index is -0.0559. The number of aliphatic hydroxyl groups excluding tert-OH is 2.